The number of primary amides is 1. The quantitative estimate of drug-likeness (QED) is 0.702. The Hall–Kier alpha value is -1.59. The molecule has 2 aromatic rings. The molecule has 160 valence electrons. The molecule has 0 bridgehead atoms. The summed E-state index contributed by atoms with van der Waals surface area (Å²) in [5, 5.41) is 4.74. The molecule has 0 spiro atoms. The third kappa shape index (κ3) is 4.11. The highest BCUT2D eigenvalue weighted by molar-refractivity contribution is 6.42. The van der Waals surface area contributed by atoms with Crippen molar-refractivity contribution in [1.82, 2.24) is 10.2 Å². The molecule has 6 heteroatoms. The van der Waals surface area contributed by atoms with E-state index < -0.39 is 5.41 Å². The van der Waals surface area contributed by atoms with Crippen molar-refractivity contribution in [1.29, 1.82) is 0 Å². The summed E-state index contributed by atoms with van der Waals surface area (Å²) in [7, 11) is 0. The lowest BCUT2D eigenvalue weighted by molar-refractivity contribution is -0.125. The number of carbonyl (C=O) groups excluding carboxylic acids is 1. The Morgan fingerprint density at radius 2 is 1.73 bits per heavy atom. The molecule has 2 saturated heterocycles. The van der Waals surface area contributed by atoms with E-state index in [1.807, 2.05) is 42.5 Å². The maximum Gasteiger partial charge on any atom is 0.228 e. The van der Waals surface area contributed by atoms with Crippen LogP contribution in [0.15, 0.2) is 48.5 Å². The average molecular weight is 446 g/mol. The molecule has 2 aliphatic rings. The Balaban J connectivity index is 1.44. The molecule has 0 aromatic heterocycles. The van der Waals surface area contributed by atoms with Gasteiger partial charge in [0.25, 0.3) is 0 Å². The van der Waals surface area contributed by atoms with Crippen LogP contribution in [0.4, 0.5) is 0 Å². The molecular weight excluding hydrogens is 417 g/mol. The third-order valence-corrected chi connectivity index (χ3v) is 7.93. The van der Waals surface area contributed by atoms with Crippen LogP contribution in [0.2, 0.25) is 10.0 Å². The van der Waals surface area contributed by atoms with Gasteiger partial charge in [-0.1, -0.05) is 59.6 Å². The monoisotopic (exact) mass is 445 g/mol. The van der Waals surface area contributed by atoms with Crippen molar-refractivity contribution in [3.8, 4) is 0 Å². The maximum absolute atomic E-state index is 12.4. The van der Waals surface area contributed by atoms with Gasteiger partial charge in [-0.15, -0.1) is 0 Å². The molecule has 30 heavy (non-hydrogen) atoms. The minimum atomic E-state index is -0.548. The molecular formula is C24H29Cl2N3O. The standard InChI is InChI=1S/C24H29Cl2N3O/c25-20-7-6-19(16-21(20)26)23(8-12-28-17-23)9-13-29-14-10-24(11-15-29,22(27)30)18-4-2-1-3-5-18/h1-7,16,28H,8-15,17H2,(H2,27,30). The number of nitrogens with one attached hydrogen (secondary N) is 1. The van der Waals surface area contributed by atoms with Gasteiger partial charge in [0.1, 0.15) is 0 Å². The highest BCUT2D eigenvalue weighted by atomic mass is 35.5. The topological polar surface area (TPSA) is 58.4 Å². The Labute approximate surface area is 188 Å². The highest BCUT2D eigenvalue weighted by Gasteiger charge is 2.42. The summed E-state index contributed by atoms with van der Waals surface area (Å²) >= 11 is 12.5. The lowest BCUT2D eigenvalue weighted by atomic mass is 9.71. The normalized spacial score (nSPS) is 24.1. The molecule has 4 rings (SSSR count). The lowest BCUT2D eigenvalue weighted by Crippen LogP contribution is -2.50. The Morgan fingerprint density at radius 3 is 2.33 bits per heavy atom. The van der Waals surface area contributed by atoms with Crippen LogP contribution in [0, 0.1) is 0 Å². The molecule has 0 aliphatic carbocycles. The second-order valence-electron chi connectivity index (χ2n) is 8.74. The fourth-order valence-electron chi connectivity index (χ4n) is 5.14. The maximum atomic E-state index is 12.4. The van der Waals surface area contributed by atoms with Gasteiger partial charge < -0.3 is 16.0 Å². The molecule has 4 nitrogen and oxygen atoms in total. The first-order valence-electron chi connectivity index (χ1n) is 10.7. The number of carbonyl (C=O) groups is 1. The number of amides is 1. The highest BCUT2D eigenvalue weighted by Crippen LogP contribution is 2.39. The fraction of sp³-hybridized carbons (Fsp3) is 0.458. The van der Waals surface area contributed by atoms with Gasteiger partial charge in [-0.05, 0) is 75.1 Å². The molecule has 3 N–H and O–H groups in total. The molecule has 1 unspecified atom stereocenters. The molecule has 0 radical (unpaired) electrons. The SMILES string of the molecule is NC(=O)C1(c2ccccc2)CCN(CCC2(c3ccc(Cl)c(Cl)c3)CCNC2)CC1. The van der Waals surface area contributed by atoms with Crippen LogP contribution in [0.3, 0.4) is 0 Å². The number of piperidine rings is 1. The summed E-state index contributed by atoms with van der Waals surface area (Å²) in [5.74, 6) is -0.208. The van der Waals surface area contributed by atoms with E-state index in [1.165, 1.54) is 5.56 Å². The molecule has 1 amide bonds. The van der Waals surface area contributed by atoms with Crippen molar-refractivity contribution in [2.75, 3.05) is 32.7 Å². The van der Waals surface area contributed by atoms with Gasteiger partial charge in [0.2, 0.25) is 5.91 Å². The van der Waals surface area contributed by atoms with E-state index in [9.17, 15) is 4.79 Å². The van der Waals surface area contributed by atoms with Crippen molar-refractivity contribution in [3.05, 3.63) is 69.7 Å². The van der Waals surface area contributed by atoms with Crippen molar-refractivity contribution in [2.45, 2.75) is 36.5 Å². The van der Waals surface area contributed by atoms with E-state index >= 15 is 0 Å². The zero-order valence-corrected chi connectivity index (χ0v) is 18.7. The first-order chi connectivity index (χ1) is 14.5. The first-order valence-corrected chi connectivity index (χ1v) is 11.4. The van der Waals surface area contributed by atoms with Crippen LogP contribution >= 0.6 is 23.2 Å². The largest absolute Gasteiger partial charge is 0.369 e. The molecule has 2 heterocycles. The van der Waals surface area contributed by atoms with Crippen LogP contribution in [0.1, 0.15) is 36.8 Å². The number of nitrogens with zero attached hydrogens (tertiary/aromatic N) is 1. The van der Waals surface area contributed by atoms with Gasteiger partial charge in [0, 0.05) is 12.0 Å². The Kier molecular flexibility index (Phi) is 6.40. The number of halogens is 2. The zero-order valence-electron chi connectivity index (χ0n) is 17.2. The van der Waals surface area contributed by atoms with Gasteiger partial charge in [-0.2, -0.15) is 0 Å². The average Bonchev–Trinajstić information content (AvgIpc) is 3.25. The van der Waals surface area contributed by atoms with Crippen LogP contribution < -0.4 is 11.1 Å². The van der Waals surface area contributed by atoms with Crippen LogP contribution in [0.5, 0.6) is 0 Å². The van der Waals surface area contributed by atoms with Crippen molar-refractivity contribution in [3.63, 3.8) is 0 Å². The summed E-state index contributed by atoms with van der Waals surface area (Å²) in [6.07, 6.45) is 3.68. The number of benzene rings is 2. The van der Waals surface area contributed by atoms with Gasteiger partial charge in [-0.25, -0.2) is 0 Å². The third-order valence-electron chi connectivity index (χ3n) is 7.19. The summed E-state index contributed by atoms with van der Waals surface area (Å²) in [4.78, 5) is 14.9. The van der Waals surface area contributed by atoms with Crippen molar-refractivity contribution >= 4 is 29.1 Å². The van der Waals surface area contributed by atoms with Crippen molar-refractivity contribution in [2.24, 2.45) is 5.73 Å². The molecule has 2 aliphatic heterocycles. The summed E-state index contributed by atoms with van der Waals surface area (Å²) in [6, 6.07) is 16.1. The second kappa shape index (κ2) is 8.88. The second-order valence-corrected chi connectivity index (χ2v) is 9.55. The van der Waals surface area contributed by atoms with E-state index in [1.54, 1.807) is 0 Å². The molecule has 2 fully saturated rings. The summed E-state index contributed by atoms with van der Waals surface area (Å²) in [5.41, 5.74) is 7.72. The minimum Gasteiger partial charge on any atom is -0.369 e. The van der Waals surface area contributed by atoms with Gasteiger partial charge >= 0.3 is 0 Å². The number of nitrogens with two attached hydrogens (primary N) is 1. The van der Waals surface area contributed by atoms with Crippen LogP contribution in [0.25, 0.3) is 0 Å². The number of hydrogen-bond donors (Lipinski definition) is 2. The smallest absolute Gasteiger partial charge is 0.228 e. The van der Waals surface area contributed by atoms with Gasteiger partial charge in [0.05, 0.1) is 15.5 Å². The molecule has 2 aromatic carbocycles. The van der Waals surface area contributed by atoms with E-state index in [-0.39, 0.29) is 11.3 Å². The van der Waals surface area contributed by atoms with E-state index in [0.717, 1.165) is 64.0 Å². The van der Waals surface area contributed by atoms with E-state index in [2.05, 4.69) is 16.3 Å². The Morgan fingerprint density at radius 1 is 1.00 bits per heavy atom. The van der Waals surface area contributed by atoms with Gasteiger partial charge in [-0.3, -0.25) is 4.79 Å². The predicted molar refractivity (Wildman–Crippen MR) is 123 cm³/mol. The Bertz CT molecular complexity index is 889. The summed E-state index contributed by atoms with van der Waals surface area (Å²) in [6.45, 7) is 4.71. The predicted octanol–water partition coefficient (Wildman–Crippen LogP) is 4.13. The number of hydrogen-bond acceptors (Lipinski definition) is 3. The van der Waals surface area contributed by atoms with Crippen LogP contribution in [-0.4, -0.2) is 43.5 Å². The van der Waals surface area contributed by atoms with Gasteiger partial charge in [0.15, 0.2) is 0 Å². The first kappa shape index (κ1) is 21.6. The van der Waals surface area contributed by atoms with E-state index in [4.69, 9.17) is 28.9 Å². The number of rotatable bonds is 6. The zero-order chi connectivity index (χ0) is 21.2. The number of likely N-dealkylation sites (tertiary alicyclic amines) is 1. The van der Waals surface area contributed by atoms with E-state index in [0.29, 0.717) is 10.0 Å². The summed E-state index contributed by atoms with van der Waals surface area (Å²) < 4.78 is 0. The lowest BCUT2D eigenvalue weighted by Gasteiger charge is -2.41. The van der Waals surface area contributed by atoms with Crippen molar-refractivity contribution < 1.29 is 4.79 Å². The minimum absolute atomic E-state index is 0.0753. The molecule has 1 atom stereocenters. The van der Waals surface area contributed by atoms with Crippen LogP contribution in [-0.2, 0) is 15.6 Å². The fourth-order valence-corrected chi connectivity index (χ4v) is 5.44. The molecule has 0 saturated carbocycles.